The summed E-state index contributed by atoms with van der Waals surface area (Å²) in [4.78, 5) is 46.3. The van der Waals surface area contributed by atoms with Gasteiger partial charge in [0.05, 0.1) is 55.9 Å². The molecule has 0 saturated carbocycles. The number of rotatable bonds is 22. The molecule has 13 heteroatoms. The molecule has 372 valence electrons. The van der Waals surface area contributed by atoms with Crippen molar-refractivity contribution in [2.75, 3.05) is 26.4 Å². The van der Waals surface area contributed by atoms with Crippen LogP contribution in [0.1, 0.15) is 73.3 Å². The summed E-state index contributed by atoms with van der Waals surface area (Å²) >= 11 is 0. The van der Waals surface area contributed by atoms with E-state index in [0.717, 1.165) is 97.0 Å². The summed E-state index contributed by atoms with van der Waals surface area (Å²) in [6.45, 7) is 5.90. The number of ether oxygens (including phenoxy) is 4. The van der Waals surface area contributed by atoms with Gasteiger partial charge in [0, 0.05) is 70.1 Å². The van der Waals surface area contributed by atoms with Crippen molar-refractivity contribution in [1.82, 2.24) is 9.13 Å². The average molecular weight is 981 g/mol. The van der Waals surface area contributed by atoms with Crippen molar-refractivity contribution in [2.24, 2.45) is 0 Å². The lowest BCUT2D eigenvalue weighted by Crippen LogP contribution is -2.06. The number of furan rings is 1. The van der Waals surface area contributed by atoms with E-state index >= 15 is 0 Å². The maximum Gasteiger partial charge on any atom is 0.305 e. The summed E-state index contributed by atoms with van der Waals surface area (Å²) in [6, 6.07) is 47.0. The number of fused-ring (bicyclic) bond motifs is 8. The van der Waals surface area contributed by atoms with E-state index in [9.17, 15) is 29.4 Å². The van der Waals surface area contributed by atoms with E-state index in [0.29, 0.717) is 67.9 Å². The Balaban J connectivity index is 0.000000180. The summed E-state index contributed by atoms with van der Waals surface area (Å²) in [5.74, 6) is 1.31. The van der Waals surface area contributed by atoms with Gasteiger partial charge in [0.15, 0.2) is 28.7 Å². The minimum Gasteiger partial charge on any atom is -0.494 e. The zero-order valence-corrected chi connectivity index (χ0v) is 40.8. The van der Waals surface area contributed by atoms with E-state index < -0.39 is 11.9 Å². The van der Waals surface area contributed by atoms with Crippen LogP contribution in [0.2, 0.25) is 0 Å². The second-order valence-electron chi connectivity index (χ2n) is 17.8. The standard InChI is InChI=1S/C31H29NO5.C29H27NO6/c1-21(33)31-24-9-3-2-8-22(24)12-15-29(31)37-19-7-6-18-36-23-13-14-26-25-10-4-5-11-27(25)32(28(26)20-23)17-16-30(34)35;1-19(31)27-17-20-7-6-10-26(29(20)36-27)35-16-5-4-15-34-21-11-12-23-22-8-2-3-9-24(22)30(25(23)18-21)14-13-28(32)33/h2-5,8-15,20H,6-7,16-19H2,1H3,(H,34,35);2-3,6-12,17-18H,4-5,13-16H2,1H3,(H,32,33). The zero-order valence-electron chi connectivity index (χ0n) is 40.8. The molecule has 13 nitrogen and oxygen atoms in total. The zero-order chi connectivity index (χ0) is 50.8. The van der Waals surface area contributed by atoms with Gasteiger partial charge in [-0.2, -0.15) is 0 Å². The molecule has 0 amide bonds. The number of carboxylic acids is 2. The van der Waals surface area contributed by atoms with Crippen LogP contribution in [0.25, 0.3) is 65.4 Å². The Kier molecular flexibility index (Phi) is 15.3. The van der Waals surface area contributed by atoms with Crippen molar-refractivity contribution in [3.05, 3.63) is 157 Å². The number of hydrogen-bond acceptors (Lipinski definition) is 9. The number of aliphatic carboxylic acids is 2. The lowest BCUT2D eigenvalue weighted by Gasteiger charge is -2.13. The van der Waals surface area contributed by atoms with Crippen LogP contribution >= 0.6 is 0 Å². The molecule has 3 aromatic heterocycles. The molecule has 73 heavy (non-hydrogen) atoms. The number of nitrogens with zero attached hydrogens (tertiary/aromatic N) is 2. The maximum atomic E-state index is 12.3. The molecule has 0 atom stereocenters. The number of benzene rings is 7. The molecule has 2 N–H and O–H groups in total. The third kappa shape index (κ3) is 11.3. The van der Waals surface area contributed by atoms with Crippen molar-refractivity contribution in [3.8, 4) is 23.0 Å². The highest BCUT2D eigenvalue weighted by molar-refractivity contribution is 6.10. The van der Waals surface area contributed by atoms with Crippen LogP contribution in [0.15, 0.2) is 150 Å². The van der Waals surface area contributed by atoms with Gasteiger partial charge in [-0.1, -0.05) is 78.9 Å². The second kappa shape index (κ2) is 22.7. The van der Waals surface area contributed by atoms with Gasteiger partial charge in [0.2, 0.25) is 0 Å². The van der Waals surface area contributed by atoms with E-state index in [-0.39, 0.29) is 24.4 Å². The van der Waals surface area contributed by atoms with Gasteiger partial charge < -0.3 is 42.7 Å². The fourth-order valence-corrected chi connectivity index (χ4v) is 9.35. The number of ketones is 2. The van der Waals surface area contributed by atoms with Crippen LogP contribution in [0.3, 0.4) is 0 Å². The highest BCUT2D eigenvalue weighted by Crippen LogP contribution is 2.35. The summed E-state index contributed by atoms with van der Waals surface area (Å²) < 4.78 is 33.7. The molecule has 10 rings (SSSR count). The van der Waals surface area contributed by atoms with E-state index in [1.54, 1.807) is 13.0 Å². The van der Waals surface area contributed by atoms with Crippen molar-refractivity contribution >= 4 is 88.9 Å². The number of carboxylic acid groups (broad SMARTS) is 2. The number of unbranched alkanes of at least 4 members (excludes halogenated alkanes) is 2. The molecule has 0 aliphatic heterocycles. The molecule has 3 heterocycles. The Bertz CT molecular complexity index is 3640. The third-order valence-corrected chi connectivity index (χ3v) is 12.8. The number of aromatic nitrogens is 2. The molecule has 0 fully saturated rings. The quantitative estimate of drug-likeness (QED) is 0.0490. The van der Waals surface area contributed by atoms with Gasteiger partial charge in [0.25, 0.3) is 0 Å². The minimum atomic E-state index is -0.821. The van der Waals surface area contributed by atoms with Gasteiger partial charge in [-0.15, -0.1) is 0 Å². The smallest absolute Gasteiger partial charge is 0.305 e. The highest BCUT2D eigenvalue weighted by atomic mass is 16.5. The number of carbonyl (C=O) groups is 4. The average Bonchev–Trinajstić information content (AvgIpc) is 4.07. The van der Waals surface area contributed by atoms with Crippen LogP contribution in [0.5, 0.6) is 23.0 Å². The second-order valence-corrected chi connectivity index (χ2v) is 17.8. The molecule has 7 aromatic carbocycles. The fourth-order valence-electron chi connectivity index (χ4n) is 9.35. The molecule has 0 unspecified atom stereocenters. The maximum absolute atomic E-state index is 12.3. The Hall–Kier alpha value is -8.58. The Labute approximate surface area is 421 Å². The van der Waals surface area contributed by atoms with Gasteiger partial charge in [0.1, 0.15) is 17.2 Å². The molecule has 0 aliphatic carbocycles. The van der Waals surface area contributed by atoms with Gasteiger partial charge in [-0.25, -0.2) is 0 Å². The lowest BCUT2D eigenvalue weighted by molar-refractivity contribution is -0.138. The van der Waals surface area contributed by atoms with E-state index in [1.165, 1.54) is 6.92 Å². The molecule has 0 spiro atoms. The van der Waals surface area contributed by atoms with Gasteiger partial charge in [-0.05, 0) is 98.0 Å². The SMILES string of the molecule is CC(=O)c1c(OCCCCOc2ccc3c4ccccc4n(CCC(=O)O)c3c2)ccc2ccccc12.CC(=O)c1cc2cccc(OCCCCOc3ccc4c5ccccc5n(CCC(=O)O)c4c3)c2o1. The van der Waals surface area contributed by atoms with Crippen molar-refractivity contribution in [3.63, 3.8) is 0 Å². The first-order valence-electron chi connectivity index (χ1n) is 24.6. The largest absolute Gasteiger partial charge is 0.494 e. The molecule has 0 radical (unpaired) electrons. The summed E-state index contributed by atoms with van der Waals surface area (Å²) in [5.41, 5.74) is 5.19. The number of para-hydroxylation sites is 3. The van der Waals surface area contributed by atoms with Crippen LogP contribution in [-0.4, -0.2) is 69.3 Å². The van der Waals surface area contributed by atoms with Crippen LogP contribution in [0, 0.1) is 0 Å². The Morgan fingerprint density at radius 3 is 1.47 bits per heavy atom. The first kappa shape index (κ1) is 49.4. The molecular weight excluding hydrogens is 925 g/mol. The summed E-state index contributed by atoms with van der Waals surface area (Å²) in [5, 5.41) is 25.5. The van der Waals surface area contributed by atoms with Gasteiger partial charge in [-0.3, -0.25) is 19.2 Å². The molecule has 0 saturated heterocycles. The lowest BCUT2D eigenvalue weighted by atomic mass is 10.0. The van der Waals surface area contributed by atoms with Crippen molar-refractivity contribution in [2.45, 2.75) is 65.5 Å². The van der Waals surface area contributed by atoms with Crippen LogP contribution in [-0.2, 0) is 22.7 Å². The predicted molar refractivity (Wildman–Crippen MR) is 284 cm³/mol. The minimum absolute atomic E-state index is 0.00806. The monoisotopic (exact) mass is 980 g/mol. The first-order chi connectivity index (χ1) is 35.5. The molecule has 10 aromatic rings. The topological polar surface area (TPSA) is 169 Å². The predicted octanol–water partition coefficient (Wildman–Crippen LogP) is 13.3. The van der Waals surface area contributed by atoms with E-state index in [1.807, 2.05) is 132 Å². The molecule has 0 aliphatic rings. The number of aryl methyl sites for hydroxylation is 2. The normalized spacial score (nSPS) is 11.3. The summed E-state index contributed by atoms with van der Waals surface area (Å²) in [7, 11) is 0. The van der Waals surface area contributed by atoms with Crippen molar-refractivity contribution in [1.29, 1.82) is 0 Å². The summed E-state index contributed by atoms with van der Waals surface area (Å²) in [6.07, 6.45) is 3.28. The number of hydrogen-bond donors (Lipinski definition) is 2. The Morgan fingerprint density at radius 1 is 0.452 bits per heavy atom. The third-order valence-electron chi connectivity index (χ3n) is 12.8. The number of Topliss-reactive ketones (excluding diaryl/α,β-unsaturated/α-hetero) is 2. The highest BCUT2D eigenvalue weighted by Gasteiger charge is 2.17. The van der Waals surface area contributed by atoms with Crippen LogP contribution in [0.4, 0.5) is 0 Å². The fraction of sp³-hybridized carbons (Fsp3) is 0.233. The molecular formula is C60H56N2O11. The van der Waals surface area contributed by atoms with E-state index in [2.05, 4.69) is 16.7 Å². The number of carbonyl (C=O) groups excluding carboxylic acids is 2. The Morgan fingerprint density at radius 2 is 0.932 bits per heavy atom. The van der Waals surface area contributed by atoms with Crippen molar-refractivity contribution < 1.29 is 52.8 Å². The van der Waals surface area contributed by atoms with Crippen LogP contribution < -0.4 is 18.9 Å². The van der Waals surface area contributed by atoms with Gasteiger partial charge >= 0.3 is 11.9 Å². The van der Waals surface area contributed by atoms with E-state index in [4.69, 9.17) is 23.4 Å². The molecule has 0 bridgehead atoms. The first-order valence-corrected chi connectivity index (χ1v) is 24.6.